The molecule has 0 N–H and O–H groups in total. The third-order valence-electron chi connectivity index (χ3n) is 3.13. The number of Topliss-reactive ketones (excluding diaryl/α,β-unsaturated/α-hetero) is 1. The van der Waals surface area contributed by atoms with E-state index in [-0.39, 0.29) is 11.8 Å². The van der Waals surface area contributed by atoms with Crippen molar-refractivity contribution in [1.29, 1.82) is 0 Å². The Morgan fingerprint density at radius 1 is 1.26 bits per heavy atom. The molecular formula is C15H21Cl2NO. The summed E-state index contributed by atoms with van der Waals surface area (Å²) < 4.78 is 0. The number of benzene rings is 1. The average Bonchev–Trinajstić information content (AvgIpc) is 2.34. The monoisotopic (exact) mass is 301 g/mol. The zero-order chi connectivity index (χ0) is 14.6. The summed E-state index contributed by atoms with van der Waals surface area (Å²) in [5.41, 5.74) is 0.542. The molecule has 0 amide bonds. The second kappa shape index (κ2) is 7.28. The first kappa shape index (κ1) is 16.5. The molecule has 0 saturated carbocycles. The fourth-order valence-electron chi connectivity index (χ4n) is 2.11. The van der Waals surface area contributed by atoms with Crippen LogP contribution >= 0.6 is 23.2 Å². The molecule has 1 rings (SSSR count). The number of hydrogen-bond acceptors (Lipinski definition) is 2. The van der Waals surface area contributed by atoms with E-state index in [9.17, 15) is 4.79 Å². The van der Waals surface area contributed by atoms with E-state index in [0.29, 0.717) is 21.5 Å². The number of likely N-dealkylation sites (N-methyl/N-ethyl adjacent to an activating group) is 1. The SMILES string of the molecule is CCN(CC(C)C)C(C)C(=O)c1ccc(Cl)cc1Cl. The molecule has 1 atom stereocenters. The maximum absolute atomic E-state index is 12.5. The lowest BCUT2D eigenvalue weighted by molar-refractivity contribution is 0.0830. The van der Waals surface area contributed by atoms with Gasteiger partial charge in [0.05, 0.1) is 11.1 Å². The van der Waals surface area contributed by atoms with Gasteiger partial charge in [0.25, 0.3) is 0 Å². The molecule has 0 saturated heterocycles. The smallest absolute Gasteiger partial charge is 0.181 e. The largest absolute Gasteiger partial charge is 0.294 e. The number of carbonyl (C=O) groups is 1. The van der Waals surface area contributed by atoms with Crippen LogP contribution in [-0.2, 0) is 0 Å². The Balaban J connectivity index is 2.91. The van der Waals surface area contributed by atoms with Crippen LogP contribution in [0, 0.1) is 5.92 Å². The number of halogens is 2. The van der Waals surface area contributed by atoms with Crippen LogP contribution in [0.3, 0.4) is 0 Å². The van der Waals surface area contributed by atoms with Gasteiger partial charge < -0.3 is 0 Å². The van der Waals surface area contributed by atoms with E-state index >= 15 is 0 Å². The quantitative estimate of drug-likeness (QED) is 0.719. The molecule has 0 aliphatic heterocycles. The van der Waals surface area contributed by atoms with Crippen molar-refractivity contribution in [3.63, 3.8) is 0 Å². The van der Waals surface area contributed by atoms with Crippen LogP contribution < -0.4 is 0 Å². The van der Waals surface area contributed by atoms with Crippen molar-refractivity contribution in [2.75, 3.05) is 13.1 Å². The summed E-state index contributed by atoms with van der Waals surface area (Å²) in [6, 6.07) is 4.84. The molecule has 4 heteroatoms. The fourth-order valence-corrected chi connectivity index (χ4v) is 2.61. The molecule has 0 aromatic heterocycles. The molecule has 19 heavy (non-hydrogen) atoms. The van der Waals surface area contributed by atoms with E-state index in [4.69, 9.17) is 23.2 Å². The van der Waals surface area contributed by atoms with Crippen molar-refractivity contribution in [3.8, 4) is 0 Å². The molecule has 2 nitrogen and oxygen atoms in total. The first-order chi connectivity index (χ1) is 8.86. The second-order valence-electron chi connectivity index (χ2n) is 5.15. The highest BCUT2D eigenvalue weighted by Gasteiger charge is 2.23. The lowest BCUT2D eigenvalue weighted by atomic mass is 10.0. The van der Waals surface area contributed by atoms with Crippen LogP contribution in [0.4, 0.5) is 0 Å². The Kier molecular flexibility index (Phi) is 6.31. The summed E-state index contributed by atoms with van der Waals surface area (Å²) in [6.45, 7) is 10.0. The molecule has 1 aromatic rings. The summed E-state index contributed by atoms with van der Waals surface area (Å²) in [5, 5.41) is 0.966. The molecule has 0 spiro atoms. The topological polar surface area (TPSA) is 20.3 Å². The first-order valence-corrected chi connectivity index (χ1v) is 7.35. The molecule has 1 unspecified atom stereocenters. The van der Waals surface area contributed by atoms with Gasteiger partial charge in [-0.1, -0.05) is 44.0 Å². The van der Waals surface area contributed by atoms with Crippen molar-refractivity contribution >= 4 is 29.0 Å². The van der Waals surface area contributed by atoms with Gasteiger partial charge in [-0.15, -0.1) is 0 Å². The Morgan fingerprint density at radius 3 is 2.37 bits per heavy atom. The highest BCUT2D eigenvalue weighted by atomic mass is 35.5. The van der Waals surface area contributed by atoms with Crippen molar-refractivity contribution in [2.45, 2.75) is 33.7 Å². The molecule has 0 heterocycles. The van der Waals surface area contributed by atoms with Gasteiger partial charge >= 0.3 is 0 Å². The van der Waals surface area contributed by atoms with E-state index < -0.39 is 0 Å². The number of hydrogen-bond donors (Lipinski definition) is 0. The minimum Gasteiger partial charge on any atom is -0.294 e. The molecule has 1 aromatic carbocycles. The zero-order valence-electron chi connectivity index (χ0n) is 11.9. The molecule has 0 bridgehead atoms. The lowest BCUT2D eigenvalue weighted by Gasteiger charge is -2.28. The molecule has 106 valence electrons. The van der Waals surface area contributed by atoms with Crippen LogP contribution in [-0.4, -0.2) is 29.8 Å². The van der Waals surface area contributed by atoms with Gasteiger partial charge in [-0.2, -0.15) is 0 Å². The Hall–Kier alpha value is -0.570. The average molecular weight is 302 g/mol. The third kappa shape index (κ3) is 4.48. The van der Waals surface area contributed by atoms with E-state index in [2.05, 4.69) is 25.7 Å². The highest BCUT2D eigenvalue weighted by Crippen LogP contribution is 2.23. The van der Waals surface area contributed by atoms with Crippen LogP contribution in [0.1, 0.15) is 38.1 Å². The summed E-state index contributed by atoms with van der Waals surface area (Å²) in [6.07, 6.45) is 0. The molecular weight excluding hydrogens is 281 g/mol. The number of ketones is 1. The van der Waals surface area contributed by atoms with Gasteiger partial charge in [-0.25, -0.2) is 0 Å². The van der Waals surface area contributed by atoms with Gasteiger partial charge in [0.2, 0.25) is 0 Å². The van der Waals surface area contributed by atoms with Gasteiger partial charge in [-0.3, -0.25) is 9.69 Å². The summed E-state index contributed by atoms with van der Waals surface area (Å²) >= 11 is 12.0. The molecule has 0 aliphatic rings. The normalized spacial score (nSPS) is 13.1. The van der Waals surface area contributed by atoms with Crippen LogP contribution in [0.5, 0.6) is 0 Å². The molecule has 0 aliphatic carbocycles. The Labute approximate surface area is 125 Å². The Morgan fingerprint density at radius 2 is 1.89 bits per heavy atom. The third-order valence-corrected chi connectivity index (χ3v) is 3.68. The standard InChI is InChI=1S/C15H21Cl2NO/c1-5-18(9-10(2)3)11(4)15(19)13-7-6-12(16)8-14(13)17/h6-8,10-11H,5,9H2,1-4H3. The van der Waals surface area contributed by atoms with Crippen molar-refractivity contribution in [1.82, 2.24) is 4.90 Å². The van der Waals surface area contributed by atoms with Crippen molar-refractivity contribution in [2.24, 2.45) is 5.92 Å². The first-order valence-electron chi connectivity index (χ1n) is 6.60. The number of rotatable bonds is 6. The molecule has 0 radical (unpaired) electrons. The predicted octanol–water partition coefficient (Wildman–Crippen LogP) is 4.54. The maximum atomic E-state index is 12.5. The summed E-state index contributed by atoms with van der Waals surface area (Å²) in [7, 11) is 0. The van der Waals surface area contributed by atoms with Crippen molar-refractivity contribution < 1.29 is 4.79 Å². The van der Waals surface area contributed by atoms with Crippen LogP contribution in [0.25, 0.3) is 0 Å². The van der Waals surface area contributed by atoms with Gasteiger partial charge in [0.15, 0.2) is 5.78 Å². The van der Waals surface area contributed by atoms with E-state index in [1.165, 1.54) is 0 Å². The van der Waals surface area contributed by atoms with Crippen LogP contribution in [0.2, 0.25) is 10.0 Å². The molecule has 0 fully saturated rings. The van der Waals surface area contributed by atoms with E-state index in [1.807, 2.05) is 6.92 Å². The highest BCUT2D eigenvalue weighted by molar-refractivity contribution is 6.37. The summed E-state index contributed by atoms with van der Waals surface area (Å²) in [5.74, 6) is 0.569. The van der Waals surface area contributed by atoms with Crippen LogP contribution in [0.15, 0.2) is 18.2 Å². The second-order valence-corrected chi connectivity index (χ2v) is 5.99. The predicted molar refractivity (Wildman–Crippen MR) is 82.3 cm³/mol. The number of carbonyl (C=O) groups excluding carboxylic acids is 1. The Bertz CT molecular complexity index is 446. The minimum atomic E-state index is -0.175. The van der Waals surface area contributed by atoms with Gasteiger partial charge in [0, 0.05) is 17.1 Å². The van der Waals surface area contributed by atoms with Gasteiger partial charge in [0.1, 0.15) is 0 Å². The lowest BCUT2D eigenvalue weighted by Crippen LogP contribution is -2.41. The van der Waals surface area contributed by atoms with E-state index in [0.717, 1.165) is 13.1 Å². The summed E-state index contributed by atoms with van der Waals surface area (Å²) in [4.78, 5) is 14.7. The maximum Gasteiger partial charge on any atom is 0.181 e. The van der Waals surface area contributed by atoms with Gasteiger partial charge in [-0.05, 0) is 37.6 Å². The van der Waals surface area contributed by atoms with E-state index in [1.54, 1.807) is 18.2 Å². The number of nitrogens with zero attached hydrogens (tertiary/aromatic N) is 1. The fraction of sp³-hybridized carbons (Fsp3) is 0.533. The van der Waals surface area contributed by atoms with Crippen molar-refractivity contribution in [3.05, 3.63) is 33.8 Å². The zero-order valence-corrected chi connectivity index (χ0v) is 13.4. The minimum absolute atomic E-state index is 0.0455.